The van der Waals surface area contributed by atoms with Crippen LogP contribution in [0.2, 0.25) is 0 Å². The van der Waals surface area contributed by atoms with Gasteiger partial charge in [0.1, 0.15) is 0 Å². The smallest absolute Gasteiger partial charge is 0.335 e. The van der Waals surface area contributed by atoms with Crippen molar-refractivity contribution in [3.05, 3.63) is 35.4 Å². The summed E-state index contributed by atoms with van der Waals surface area (Å²) in [6, 6.07) is 6.85. The molecule has 0 aromatic heterocycles. The Kier molecular flexibility index (Phi) is 5.16. The highest BCUT2D eigenvalue weighted by Gasteiger charge is 2.19. The SMILES string of the molecule is NC1CCN(C(=O)NCCc2ccc(C(=O)O)cc2)CC1. The molecular weight excluding hydrogens is 270 g/mol. The minimum atomic E-state index is -0.932. The monoisotopic (exact) mass is 291 g/mol. The zero-order valence-electron chi connectivity index (χ0n) is 11.9. The number of urea groups is 1. The van der Waals surface area contributed by atoms with E-state index in [2.05, 4.69) is 5.32 Å². The predicted octanol–water partition coefficient (Wildman–Crippen LogP) is 1.06. The third-order valence-corrected chi connectivity index (χ3v) is 3.72. The molecule has 0 unspecified atom stereocenters. The molecule has 1 aromatic rings. The molecule has 1 aliphatic heterocycles. The number of aromatic carboxylic acids is 1. The lowest BCUT2D eigenvalue weighted by atomic mass is 10.1. The molecule has 1 aliphatic rings. The maximum atomic E-state index is 11.9. The van der Waals surface area contributed by atoms with Gasteiger partial charge in [-0.05, 0) is 37.0 Å². The molecule has 0 saturated carbocycles. The molecule has 2 amide bonds. The Morgan fingerprint density at radius 2 is 1.86 bits per heavy atom. The largest absolute Gasteiger partial charge is 0.478 e. The number of hydrogen-bond donors (Lipinski definition) is 3. The maximum Gasteiger partial charge on any atom is 0.335 e. The van der Waals surface area contributed by atoms with Crippen molar-refractivity contribution in [2.75, 3.05) is 19.6 Å². The van der Waals surface area contributed by atoms with E-state index in [-0.39, 0.29) is 17.6 Å². The van der Waals surface area contributed by atoms with Crippen LogP contribution in [0.5, 0.6) is 0 Å². The van der Waals surface area contributed by atoms with Gasteiger partial charge >= 0.3 is 12.0 Å². The van der Waals surface area contributed by atoms with Crippen LogP contribution in [0.4, 0.5) is 4.79 Å². The molecule has 6 heteroatoms. The molecule has 6 nitrogen and oxygen atoms in total. The second kappa shape index (κ2) is 7.08. The summed E-state index contributed by atoms with van der Waals surface area (Å²) < 4.78 is 0. The standard InChI is InChI=1S/C15H21N3O3/c16-13-6-9-18(10-7-13)15(21)17-8-5-11-1-3-12(4-2-11)14(19)20/h1-4,13H,5-10,16H2,(H,17,21)(H,19,20). The first-order valence-corrected chi connectivity index (χ1v) is 7.17. The number of carbonyl (C=O) groups is 2. The van der Waals surface area contributed by atoms with Crippen molar-refractivity contribution in [2.45, 2.75) is 25.3 Å². The van der Waals surface area contributed by atoms with Crippen LogP contribution in [0.25, 0.3) is 0 Å². The summed E-state index contributed by atoms with van der Waals surface area (Å²) in [6.07, 6.45) is 2.38. The van der Waals surface area contributed by atoms with Crippen LogP contribution < -0.4 is 11.1 Å². The molecule has 1 aromatic carbocycles. The second-order valence-electron chi connectivity index (χ2n) is 5.31. The fraction of sp³-hybridized carbons (Fsp3) is 0.467. The van der Waals surface area contributed by atoms with E-state index in [1.54, 1.807) is 29.2 Å². The van der Waals surface area contributed by atoms with Crippen LogP contribution in [-0.2, 0) is 6.42 Å². The van der Waals surface area contributed by atoms with Crippen molar-refractivity contribution in [3.8, 4) is 0 Å². The van der Waals surface area contributed by atoms with Gasteiger partial charge < -0.3 is 21.1 Å². The Balaban J connectivity index is 1.73. The van der Waals surface area contributed by atoms with E-state index in [4.69, 9.17) is 10.8 Å². The van der Waals surface area contributed by atoms with Crippen LogP contribution >= 0.6 is 0 Å². The Morgan fingerprint density at radius 1 is 1.24 bits per heavy atom. The summed E-state index contributed by atoms with van der Waals surface area (Å²) >= 11 is 0. The minimum Gasteiger partial charge on any atom is -0.478 e. The van der Waals surface area contributed by atoms with Crippen molar-refractivity contribution >= 4 is 12.0 Å². The van der Waals surface area contributed by atoms with Gasteiger partial charge in [0.25, 0.3) is 0 Å². The number of piperidine rings is 1. The van der Waals surface area contributed by atoms with Gasteiger partial charge in [-0.1, -0.05) is 12.1 Å². The van der Waals surface area contributed by atoms with Crippen LogP contribution in [0, 0.1) is 0 Å². The Bertz CT molecular complexity index is 493. The van der Waals surface area contributed by atoms with Crippen LogP contribution in [0.1, 0.15) is 28.8 Å². The van der Waals surface area contributed by atoms with E-state index < -0.39 is 5.97 Å². The fourth-order valence-corrected chi connectivity index (χ4v) is 2.34. The molecule has 114 valence electrons. The van der Waals surface area contributed by atoms with E-state index in [9.17, 15) is 9.59 Å². The fourth-order valence-electron chi connectivity index (χ4n) is 2.34. The van der Waals surface area contributed by atoms with Gasteiger partial charge in [-0.15, -0.1) is 0 Å². The third kappa shape index (κ3) is 4.46. The first-order valence-electron chi connectivity index (χ1n) is 7.17. The van der Waals surface area contributed by atoms with E-state index in [0.717, 1.165) is 18.4 Å². The highest BCUT2D eigenvalue weighted by Crippen LogP contribution is 2.08. The normalized spacial score (nSPS) is 15.8. The number of carbonyl (C=O) groups excluding carboxylic acids is 1. The second-order valence-corrected chi connectivity index (χ2v) is 5.31. The summed E-state index contributed by atoms with van der Waals surface area (Å²) in [5.74, 6) is -0.932. The quantitative estimate of drug-likeness (QED) is 0.773. The highest BCUT2D eigenvalue weighted by atomic mass is 16.4. The number of amides is 2. The first kappa shape index (κ1) is 15.3. The summed E-state index contributed by atoms with van der Waals surface area (Å²) in [7, 11) is 0. The number of likely N-dealkylation sites (tertiary alicyclic amines) is 1. The maximum absolute atomic E-state index is 11.9. The number of carboxylic acid groups (broad SMARTS) is 1. The van der Waals surface area contributed by atoms with E-state index in [1.807, 2.05) is 0 Å². The topological polar surface area (TPSA) is 95.7 Å². The molecule has 21 heavy (non-hydrogen) atoms. The average Bonchev–Trinajstić information content (AvgIpc) is 2.48. The lowest BCUT2D eigenvalue weighted by Crippen LogP contribution is -2.47. The van der Waals surface area contributed by atoms with E-state index in [0.29, 0.717) is 26.1 Å². The van der Waals surface area contributed by atoms with Gasteiger partial charge in [0.2, 0.25) is 0 Å². The predicted molar refractivity (Wildman–Crippen MR) is 79.3 cm³/mol. The average molecular weight is 291 g/mol. The summed E-state index contributed by atoms with van der Waals surface area (Å²) in [5, 5.41) is 11.7. The van der Waals surface area contributed by atoms with Crippen LogP contribution in [0.3, 0.4) is 0 Å². The summed E-state index contributed by atoms with van der Waals surface area (Å²) in [4.78, 5) is 24.5. The molecule has 1 fully saturated rings. The molecule has 0 radical (unpaired) electrons. The van der Waals surface area contributed by atoms with Crippen LogP contribution in [-0.4, -0.2) is 47.7 Å². The van der Waals surface area contributed by atoms with Crippen molar-refractivity contribution in [1.82, 2.24) is 10.2 Å². The number of nitrogens with two attached hydrogens (primary N) is 1. The third-order valence-electron chi connectivity index (χ3n) is 3.72. The first-order chi connectivity index (χ1) is 10.1. The van der Waals surface area contributed by atoms with Crippen molar-refractivity contribution in [1.29, 1.82) is 0 Å². The van der Waals surface area contributed by atoms with Gasteiger partial charge in [0, 0.05) is 25.7 Å². The summed E-state index contributed by atoms with van der Waals surface area (Å²) in [5.41, 5.74) is 7.08. The Labute approximate surface area is 123 Å². The molecule has 1 saturated heterocycles. The molecule has 0 spiro atoms. The summed E-state index contributed by atoms with van der Waals surface area (Å²) in [6.45, 7) is 1.95. The number of nitrogens with zero attached hydrogens (tertiary/aromatic N) is 1. The molecule has 2 rings (SSSR count). The van der Waals surface area contributed by atoms with Crippen molar-refractivity contribution in [3.63, 3.8) is 0 Å². The number of hydrogen-bond acceptors (Lipinski definition) is 3. The van der Waals surface area contributed by atoms with Crippen LogP contribution in [0.15, 0.2) is 24.3 Å². The zero-order valence-corrected chi connectivity index (χ0v) is 11.9. The lowest BCUT2D eigenvalue weighted by molar-refractivity contribution is 0.0697. The molecule has 1 heterocycles. The van der Waals surface area contributed by atoms with E-state index in [1.165, 1.54) is 0 Å². The van der Waals surface area contributed by atoms with Crippen molar-refractivity contribution in [2.24, 2.45) is 5.73 Å². The lowest BCUT2D eigenvalue weighted by Gasteiger charge is -2.30. The van der Waals surface area contributed by atoms with Gasteiger partial charge in [-0.2, -0.15) is 0 Å². The zero-order chi connectivity index (χ0) is 15.2. The highest BCUT2D eigenvalue weighted by molar-refractivity contribution is 5.87. The van der Waals surface area contributed by atoms with Crippen molar-refractivity contribution < 1.29 is 14.7 Å². The molecular formula is C15H21N3O3. The molecule has 4 N–H and O–H groups in total. The molecule has 0 atom stereocenters. The van der Waals surface area contributed by atoms with Gasteiger partial charge in [-0.25, -0.2) is 9.59 Å². The number of carboxylic acids is 1. The van der Waals surface area contributed by atoms with E-state index >= 15 is 0 Å². The number of benzene rings is 1. The Morgan fingerprint density at radius 3 is 2.43 bits per heavy atom. The van der Waals surface area contributed by atoms with Gasteiger partial charge in [0.05, 0.1) is 5.56 Å². The number of rotatable bonds is 4. The minimum absolute atomic E-state index is 0.0518. The molecule has 0 aliphatic carbocycles. The Hall–Kier alpha value is -2.08. The van der Waals surface area contributed by atoms with Gasteiger partial charge in [-0.3, -0.25) is 0 Å². The van der Waals surface area contributed by atoms with Gasteiger partial charge in [0.15, 0.2) is 0 Å². The molecule has 0 bridgehead atoms. The number of nitrogens with one attached hydrogen (secondary N) is 1.